The van der Waals surface area contributed by atoms with E-state index < -0.39 is 0 Å². The molecule has 1 saturated carbocycles. The Labute approximate surface area is 126 Å². The predicted molar refractivity (Wildman–Crippen MR) is 87.2 cm³/mol. The molecular formula is C17H35N3. The van der Waals surface area contributed by atoms with Crippen LogP contribution in [-0.2, 0) is 0 Å². The summed E-state index contributed by atoms with van der Waals surface area (Å²) in [4.78, 5) is 5.22. The molecule has 1 aliphatic carbocycles. The van der Waals surface area contributed by atoms with Gasteiger partial charge in [-0.15, -0.1) is 0 Å². The predicted octanol–water partition coefficient (Wildman–Crippen LogP) is 2.71. The largest absolute Gasteiger partial charge is 0.313 e. The summed E-state index contributed by atoms with van der Waals surface area (Å²) >= 11 is 0. The molecule has 20 heavy (non-hydrogen) atoms. The zero-order valence-corrected chi connectivity index (χ0v) is 13.9. The Morgan fingerprint density at radius 3 is 2.20 bits per heavy atom. The molecular weight excluding hydrogens is 246 g/mol. The van der Waals surface area contributed by atoms with Crippen LogP contribution in [0.15, 0.2) is 0 Å². The molecule has 2 unspecified atom stereocenters. The molecule has 2 rings (SSSR count). The molecule has 0 amide bonds. The van der Waals surface area contributed by atoms with Crippen molar-refractivity contribution in [3.63, 3.8) is 0 Å². The number of nitrogens with one attached hydrogen (secondary N) is 1. The van der Waals surface area contributed by atoms with Crippen molar-refractivity contribution in [2.24, 2.45) is 0 Å². The lowest BCUT2D eigenvalue weighted by Crippen LogP contribution is -2.54. The smallest absolute Gasteiger partial charge is 0.0249 e. The van der Waals surface area contributed by atoms with E-state index >= 15 is 0 Å². The maximum absolute atomic E-state index is 3.78. The number of likely N-dealkylation sites (N-methyl/N-ethyl adjacent to an activating group) is 1. The van der Waals surface area contributed by atoms with Crippen molar-refractivity contribution in [2.45, 2.75) is 76.4 Å². The number of rotatable bonds is 4. The zero-order chi connectivity index (χ0) is 14.4. The molecule has 1 N–H and O–H groups in total. The van der Waals surface area contributed by atoms with Gasteiger partial charge in [0.15, 0.2) is 0 Å². The average Bonchev–Trinajstić information content (AvgIpc) is 2.42. The van der Waals surface area contributed by atoms with Gasteiger partial charge in [0.2, 0.25) is 0 Å². The van der Waals surface area contributed by atoms with E-state index in [2.05, 4.69) is 36.1 Å². The van der Waals surface area contributed by atoms with Crippen molar-refractivity contribution in [1.82, 2.24) is 15.1 Å². The molecule has 3 heteroatoms. The minimum atomic E-state index is 0.733. The molecule has 0 spiro atoms. The number of likely N-dealkylation sites (tertiary alicyclic amines) is 1. The van der Waals surface area contributed by atoms with Crippen molar-refractivity contribution in [3.05, 3.63) is 0 Å². The third-order valence-electron chi connectivity index (χ3n) is 5.39. The molecule has 0 bridgehead atoms. The van der Waals surface area contributed by atoms with Crippen molar-refractivity contribution in [3.8, 4) is 0 Å². The third kappa shape index (κ3) is 4.44. The lowest BCUT2D eigenvalue weighted by molar-refractivity contribution is 0.0778. The molecule has 3 nitrogen and oxygen atoms in total. The second kappa shape index (κ2) is 8.35. The van der Waals surface area contributed by atoms with Gasteiger partial charge in [-0.2, -0.15) is 0 Å². The molecule has 0 aromatic heterocycles. The average molecular weight is 281 g/mol. The van der Waals surface area contributed by atoms with Gasteiger partial charge in [0.05, 0.1) is 0 Å². The summed E-state index contributed by atoms with van der Waals surface area (Å²) in [5.74, 6) is 0. The van der Waals surface area contributed by atoms with E-state index in [1.807, 2.05) is 0 Å². The van der Waals surface area contributed by atoms with E-state index in [1.54, 1.807) is 0 Å². The lowest BCUT2D eigenvalue weighted by atomic mass is 9.89. The monoisotopic (exact) mass is 281 g/mol. The fraction of sp³-hybridized carbons (Fsp3) is 1.00. The fourth-order valence-corrected chi connectivity index (χ4v) is 4.14. The van der Waals surface area contributed by atoms with Gasteiger partial charge < -0.3 is 10.2 Å². The molecule has 2 aliphatic rings. The Morgan fingerprint density at radius 1 is 0.950 bits per heavy atom. The summed E-state index contributed by atoms with van der Waals surface area (Å²) in [7, 11) is 4.47. The van der Waals surface area contributed by atoms with Crippen LogP contribution in [0.2, 0.25) is 0 Å². The molecule has 0 radical (unpaired) electrons. The number of piperidine rings is 1. The van der Waals surface area contributed by atoms with E-state index in [4.69, 9.17) is 0 Å². The van der Waals surface area contributed by atoms with E-state index in [9.17, 15) is 0 Å². The van der Waals surface area contributed by atoms with Crippen LogP contribution >= 0.6 is 0 Å². The molecule has 118 valence electrons. The first-order chi connectivity index (χ1) is 9.72. The third-order valence-corrected chi connectivity index (χ3v) is 5.39. The normalized spacial score (nSPS) is 31.2. The maximum Gasteiger partial charge on any atom is 0.0249 e. The van der Waals surface area contributed by atoms with Crippen LogP contribution in [0.25, 0.3) is 0 Å². The maximum atomic E-state index is 3.78. The fourth-order valence-electron chi connectivity index (χ4n) is 4.14. The van der Waals surface area contributed by atoms with Crippen molar-refractivity contribution >= 4 is 0 Å². The number of nitrogens with zero attached hydrogens (tertiary/aromatic N) is 2. The van der Waals surface area contributed by atoms with Crippen LogP contribution in [0.4, 0.5) is 0 Å². The van der Waals surface area contributed by atoms with Crippen LogP contribution in [0.1, 0.15) is 58.3 Å². The molecule has 1 heterocycles. The molecule has 1 aliphatic heterocycles. The first-order valence-electron chi connectivity index (χ1n) is 8.86. The molecule has 2 fully saturated rings. The van der Waals surface area contributed by atoms with Crippen LogP contribution < -0.4 is 5.32 Å². The summed E-state index contributed by atoms with van der Waals surface area (Å²) in [5, 5.41) is 3.78. The molecule has 2 atom stereocenters. The van der Waals surface area contributed by atoms with Crippen LogP contribution in [-0.4, -0.2) is 61.7 Å². The highest BCUT2D eigenvalue weighted by Gasteiger charge is 2.30. The number of hydrogen-bond acceptors (Lipinski definition) is 3. The van der Waals surface area contributed by atoms with Crippen LogP contribution in [0, 0.1) is 0 Å². The van der Waals surface area contributed by atoms with E-state index in [1.165, 1.54) is 64.5 Å². The summed E-state index contributed by atoms with van der Waals surface area (Å²) in [5.41, 5.74) is 0. The first-order valence-corrected chi connectivity index (χ1v) is 8.86. The molecule has 0 aromatic rings. The quantitative estimate of drug-likeness (QED) is 0.855. The Hall–Kier alpha value is -0.120. The summed E-state index contributed by atoms with van der Waals surface area (Å²) in [6.07, 6.45) is 11.2. The van der Waals surface area contributed by atoms with Gasteiger partial charge in [0.25, 0.3) is 0 Å². The molecule has 0 aromatic carbocycles. The lowest BCUT2D eigenvalue weighted by Gasteiger charge is -2.43. The summed E-state index contributed by atoms with van der Waals surface area (Å²) in [6, 6.07) is 2.33. The SMILES string of the molecule is CCNC1CCCCCCC1N1CCC(N(C)C)CC1. The highest BCUT2D eigenvalue weighted by molar-refractivity contribution is 4.89. The first kappa shape index (κ1) is 16.3. The van der Waals surface area contributed by atoms with Crippen molar-refractivity contribution < 1.29 is 0 Å². The van der Waals surface area contributed by atoms with Crippen molar-refractivity contribution in [1.29, 1.82) is 0 Å². The van der Waals surface area contributed by atoms with Gasteiger partial charge in [0, 0.05) is 18.1 Å². The molecule has 1 saturated heterocycles. The standard InChI is InChI=1S/C17H35N3/c1-4-18-16-9-7-5-6-8-10-17(16)20-13-11-15(12-14-20)19(2)3/h15-18H,4-14H2,1-3H3. The van der Waals surface area contributed by atoms with Gasteiger partial charge in [-0.1, -0.05) is 32.6 Å². The Bertz CT molecular complexity index is 259. The highest BCUT2D eigenvalue weighted by atomic mass is 15.2. The minimum Gasteiger partial charge on any atom is -0.313 e. The summed E-state index contributed by atoms with van der Waals surface area (Å²) < 4.78 is 0. The summed E-state index contributed by atoms with van der Waals surface area (Å²) in [6.45, 7) is 5.98. The Kier molecular flexibility index (Phi) is 6.79. The number of hydrogen-bond donors (Lipinski definition) is 1. The van der Waals surface area contributed by atoms with Gasteiger partial charge in [-0.25, -0.2) is 0 Å². The Morgan fingerprint density at radius 2 is 1.60 bits per heavy atom. The van der Waals surface area contributed by atoms with Crippen LogP contribution in [0.3, 0.4) is 0 Å². The van der Waals surface area contributed by atoms with Gasteiger partial charge >= 0.3 is 0 Å². The Balaban J connectivity index is 1.92. The van der Waals surface area contributed by atoms with E-state index in [0.717, 1.165) is 24.7 Å². The van der Waals surface area contributed by atoms with Gasteiger partial charge in [0.1, 0.15) is 0 Å². The van der Waals surface area contributed by atoms with E-state index in [-0.39, 0.29) is 0 Å². The zero-order valence-electron chi connectivity index (χ0n) is 13.9. The minimum absolute atomic E-state index is 0.733. The van der Waals surface area contributed by atoms with E-state index in [0.29, 0.717) is 0 Å². The second-order valence-corrected chi connectivity index (χ2v) is 6.95. The second-order valence-electron chi connectivity index (χ2n) is 6.95. The van der Waals surface area contributed by atoms with Gasteiger partial charge in [-0.05, 0) is 59.4 Å². The van der Waals surface area contributed by atoms with Gasteiger partial charge in [-0.3, -0.25) is 4.90 Å². The van der Waals surface area contributed by atoms with Crippen LogP contribution in [0.5, 0.6) is 0 Å². The highest BCUT2D eigenvalue weighted by Crippen LogP contribution is 2.25. The van der Waals surface area contributed by atoms with Crippen molar-refractivity contribution in [2.75, 3.05) is 33.7 Å². The topological polar surface area (TPSA) is 18.5 Å².